The van der Waals surface area contributed by atoms with Crippen molar-refractivity contribution in [2.45, 2.75) is 20.5 Å². The fourth-order valence-corrected chi connectivity index (χ4v) is 1.50. The van der Waals surface area contributed by atoms with Gasteiger partial charge in [-0.3, -0.25) is 4.79 Å². The van der Waals surface area contributed by atoms with Crippen molar-refractivity contribution in [2.75, 3.05) is 13.2 Å². The summed E-state index contributed by atoms with van der Waals surface area (Å²) in [6.45, 7) is 1.50. The molecule has 1 amide bonds. The maximum absolute atomic E-state index is 12.2. The molecule has 0 unspecified atom stereocenters. The SMILES string of the molecule is CCNC(=O)/C=C/c1ccc(OC(F)F)c(OCC)c1. The molecule has 0 atom stereocenters. The highest BCUT2D eigenvalue weighted by Crippen LogP contribution is 2.30. The van der Waals surface area contributed by atoms with Gasteiger partial charge in [0.2, 0.25) is 5.91 Å². The zero-order valence-corrected chi connectivity index (χ0v) is 11.4. The summed E-state index contributed by atoms with van der Waals surface area (Å²) >= 11 is 0. The van der Waals surface area contributed by atoms with Crippen LogP contribution in [0.15, 0.2) is 24.3 Å². The van der Waals surface area contributed by atoms with E-state index in [4.69, 9.17) is 4.74 Å². The molecule has 1 N–H and O–H groups in total. The summed E-state index contributed by atoms with van der Waals surface area (Å²) in [6, 6.07) is 4.49. The van der Waals surface area contributed by atoms with Gasteiger partial charge in [0.05, 0.1) is 6.61 Å². The standard InChI is InChI=1S/C14H17F2NO3/c1-3-17-13(18)8-6-10-5-7-11(20-14(15)16)12(9-10)19-4-2/h5-9,14H,3-4H2,1-2H3,(H,17,18)/b8-6+. The predicted octanol–water partition coefficient (Wildman–Crippen LogP) is 2.84. The minimum Gasteiger partial charge on any atom is -0.490 e. The number of hydrogen-bond donors (Lipinski definition) is 1. The Bertz CT molecular complexity index is 475. The first kappa shape index (κ1) is 15.9. The van der Waals surface area contributed by atoms with E-state index >= 15 is 0 Å². The molecule has 110 valence electrons. The average Bonchev–Trinajstić information content (AvgIpc) is 2.39. The first-order chi connectivity index (χ1) is 9.56. The number of ether oxygens (including phenoxy) is 2. The van der Waals surface area contributed by atoms with Crippen LogP contribution in [0.1, 0.15) is 19.4 Å². The summed E-state index contributed by atoms with van der Waals surface area (Å²) < 4.78 is 34.1. The van der Waals surface area contributed by atoms with Crippen molar-refractivity contribution in [1.82, 2.24) is 5.32 Å². The third kappa shape index (κ3) is 5.26. The topological polar surface area (TPSA) is 47.6 Å². The Morgan fingerprint density at radius 2 is 2.10 bits per heavy atom. The van der Waals surface area contributed by atoms with E-state index in [1.807, 2.05) is 6.92 Å². The van der Waals surface area contributed by atoms with Gasteiger partial charge in [-0.25, -0.2) is 0 Å². The molecule has 0 aliphatic carbocycles. The van der Waals surface area contributed by atoms with Crippen LogP contribution in [0.4, 0.5) is 8.78 Å². The van der Waals surface area contributed by atoms with E-state index in [1.165, 1.54) is 18.2 Å². The smallest absolute Gasteiger partial charge is 0.387 e. The highest BCUT2D eigenvalue weighted by atomic mass is 19.3. The molecule has 4 nitrogen and oxygen atoms in total. The van der Waals surface area contributed by atoms with Crippen LogP contribution in [-0.4, -0.2) is 25.7 Å². The Morgan fingerprint density at radius 1 is 1.35 bits per heavy atom. The van der Waals surface area contributed by atoms with E-state index < -0.39 is 6.61 Å². The van der Waals surface area contributed by atoms with Gasteiger partial charge in [-0.2, -0.15) is 8.78 Å². The number of carbonyl (C=O) groups excluding carboxylic acids is 1. The molecular formula is C14H17F2NO3. The van der Waals surface area contributed by atoms with Crippen molar-refractivity contribution >= 4 is 12.0 Å². The van der Waals surface area contributed by atoms with Gasteiger partial charge in [0.15, 0.2) is 11.5 Å². The van der Waals surface area contributed by atoms with E-state index in [1.54, 1.807) is 19.1 Å². The molecule has 1 rings (SSSR count). The van der Waals surface area contributed by atoms with Crippen molar-refractivity contribution < 1.29 is 23.0 Å². The quantitative estimate of drug-likeness (QED) is 0.784. The zero-order chi connectivity index (χ0) is 15.0. The summed E-state index contributed by atoms with van der Waals surface area (Å²) in [5, 5.41) is 2.61. The monoisotopic (exact) mass is 285 g/mol. The average molecular weight is 285 g/mol. The molecular weight excluding hydrogens is 268 g/mol. The molecule has 0 spiro atoms. The number of hydrogen-bond acceptors (Lipinski definition) is 3. The highest BCUT2D eigenvalue weighted by Gasteiger charge is 2.10. The number of likely N-dealkylation sites (N-methyl/N-ethyl adjacent to an activating group) is 1. The summed E-state index contributed by atoms with van der Waals surface area (Å²) in [6.07, 6.45) is 2.93. The Balaban J connectivity index is 2.89. The second kappa shape index (κ2) is 8.14. The summed E-state index contributed by atoms with van der Waals surface area (Å²) in [5.41, 5.74) is 0.654. The van der Waals surface area contributed by atoms with Crippen molar-refractivity contribution in [1.29, 1.82) is 0 Å². The van der Waals surface area contributed by atoms with Crippen LogP contribution in [0.5, 0.6) is 11.5 Å². The molecule has 0 radical (unpaired) electrons. The molecule has 0 fully saturated rings. The number of alkyl halides is 2. The number of amides is 1. The molecule has 0 heterocycles. The van der Waals surface area contributed by atoms with Crippen LogP contribution >= 0.6 is 0 Å². The number of benzene rings is 1. The maximum Gasteiger partial charge on any atom is 0.387 e. The Labute approximate surface area is 116 Å². The first-order valence-electron chi connectivity index (χ1n) is 6.24. The van der Waals surface area contributed by atoms with E-state index in [0.717, 1.165) is 0 Å². The minimum atomic E-state index is -2.91. The molecule has 20 heavy (non-hydrogen) atoms. The summed E-state index contributed by atoms with van der Waals surface area (Å²) in [7, 11) is 0. The van der Waals surface area contributed by atoms with Gasteiger partial charge >= 0.3 is 6.61 Å². The van der Waals surface area contributed by atoms with E-state index in [-0.39, 0.29) is 17.4 Å². The van der Waals surface area contributed by atoms with E-state index in [0.29, 0.717) is 18.7 Å². The van der Waals surface area contributed by atoms with Crippen LogP contribution in [0, 0.1) is 0 Å². The van der Waals surface area contributed by atoms with E-state index in [9.17, 15) is 13.6 Å². The van der Waals surface area contributed by atoms with Crippen LogP contribution in [0.3, 0.4) is 0 Å². The first-order valence-corrected chi connectivity index (χ1v) is 6.24. The Kier molecular flexibility index (Phi) is 6.49. The lowest BCUT2D eigenvalue weighted by atomic mass is 10.2. The summed E-state index contributed by atoms with van der Waals surface area (Å²) in [5.74, 6) is -0.0405. The molecule has 0 aliphatic heterocycles. The second-order valence-corrected chi connectivity index (χ2v) is 3.75. The zero-order valence-electron chi connectivity index (χ0n) is 11.4. The van der Waals surface area contributed by atoms with Gasteiger partial charge in [-0.15, -0.1) is 0 Å². The molecule has 0 saturated carbocycles. The third-order valence-electron chi connectivity index (χ3n) is 2.26. The van der Waals surface area contributed by atoms with E-state index in [2.05, 4.69) is 10.1 Å². The molecule has 0 aliphatic rings. The van der Waals surface area contributed by atoms with Crippen LogP contribution in [0.2, 0.25) is 0 Å². The molecule has 1 aromatic rings. The number of rotatable bonds is 7. The fourth-order valence-electron chi connectivity index (χ4n) is 1.50. The Morgan fingerprint density at radius 3 is 2.70 bits per heavy atom. The summed E-state index contributed by atoms with van der Waals surface area (Å²) in [4.78, 5) is 11.3. The molecule has 0 saturated heterocycles. The van der Waals surface area contributed by atoms with Crippen molar-refractivity contribution in [3.05, 3.63) is 29.8 Å². The lowest BCUT2D eigenvalue weighted by Crippen LogP contribution is -2.19. The van der Waals surface area contributed by atoms with Crippen LogP contribution in [-0.2, 0) is 4.79 Å². The lowest BCUT2D eigenvalue weighted by molar-refractivity contribution is -0.116. The van der Waals surface area contributed by atoms with Gasteiger partial charge in [-0.1, -0.05) is 6.07 Å². The highest BCUT2D eigenvalue weighted by molar-refractivity contribution is 5.91. The van der Waals surface area contributed by atoms with Gasteiger partial charge in [0.1, 0.15) is 0 Å². The van der Waals surface area contributed by atoms with Gasteiger partial charge in [0, 0.05) is 12.6 Å². The molecule has 0 aromatic heterocycles. The molecule has 1 aromatic carbocycles. The van der Waals surface area contributed by atoms with Gasteiger partial charge in [-0.05, 0) is 37.6 Å². The maximum atomic E-state index is 12.2. The predicted molar refractivity (Wildman–Crippen MR) is 72.0 cm³/mol. The number of carbonyl (C=O) groups is 1. The van der Waals surface area contributed by atoms with Crippen LogP contribution in [0.25, 0.3) is 6.08 Å². The minimum absolute atomic E-state index is 0.0305. The number of halogens is 2. The largest absolute Gasteiger partial charge is 0.490 e. The second-order valence-electron chi connectivity index (χ2n) is 3.75. The lowest BCUT2D eigenvalue weighted by Gasteiger charge is -2.11. The third-order valence-corrected chi connectivity index (χ3v) is 2.26. The van der Waals surface area contributed by atoms with Crippen molar-refractivity contribution in [2.24, 2.45) is 0 Å². The van der Waals surface area contributed by atoms with Gasteiger partial charge in [0.25, 0.3) is 0 Å². The fraction of sp³-hybridized carbons (Fsp3) is 0.357. The van der Waals surface area contributed by atoms with Gasteiger partial charge < -0.3 is 14.8 Å². The Hall–Kier alpha value is -2.11. The van der Waals surface area contributed by atoms with Crippen molar-refractivity contribution in [3.8, 4) is 11.5 Å². The molecule has 0 bridgehead atoms. The normalized spacial score (nSPS) is 10.8. The van der Waals surface area contributed by atoms with Crippen LogP contribution < -0.4 is 14.8 Å². The van der Waals surface area contributed by atoms with Crippen molar-refractivity contribution in [3.63, 3.8) is 0 Å². The number of nitrogens with one attached hydrogen (secondary N) is 1. The molecule has 6 heteroatoms.